The number of nitrogens with one attached hydrogen (secondary N) is 1. The van der Waals surface area contributed by atoms with E-state index in [4.69, 9.17) is 47.4 Å². The normalized spacial score (nSPS) is 16.9. The van der Waals surface area contributed by atoms with Crippen molar-refractivity contribution in [3.63, 3.8) is 0 Å². The standard InChI is InChI=1S/C41H51NO10/c1-43-33-19-29(20-34(44-2)40(33)47-5)26-51-37-23-42-24-38(52-27-30-21-35(45-3)41(48-6)36(22-30)46-4)39(37)31-13-15-32(16-14-31)50-18-10-17-49-25-28-11-8-7-9-12-28/h7-9,11-16,19-22,37-39,42H,10,17-18,23-27H2,1-6H3/t37-,38+,39-. The molecule has 4 aromatic rings. The van der Waals surface area contributed by atoms with E-state index >= 15 is 0 Å². The van der Waals surface area contributed by atoms with Crippen LogP contribution >= 0.6 is 0 Å². The van der Waals surface area contributed by atoms with Crippen molar-refractivity contribution >= 4 is 0 Å². The molecule has 0 radical (unpaired) electrons. The van der Waals surface area contributed by atoms with Crippen molar-refractivity contribution in [3.05, 3.63) is 101 Å². The molecule has 1 aliphatic heterocycles. The molecular formula is C41H51NO10. The number of methoxy groups -OCH3 is 6. The van der Waals surface area contributed by atoms with Gasteiger partial charge in [-0.3, -0.25) is 0 Å². The largest absolute Gasteiger partial charge is 0.494 e. The van der Waals surface area contributed by atoms with Crippen molar-refractivity contribution in [1.82, 2.24) is 5.32 Å². The molecule has 0 bridgehead atoms. The minimum absolute atomic E-state index is 0.0919. The fourth-order valence-corrected chi connectivity index (χ4v) is 6.36. The Labute approximate surface area is 306 Å². The molecule has 0 aromatic heterocycles. The number of hydrogen-bond acceptors (Lipinski definition) is 11. The summed E-state index contributed by atoms with van der Waals surface area (Å²) < 4.78 is 58.5. The topological polar surface area (TPSA) is 104 Å². The van der Waals surface area contributed by atoms with Crippen molar-refractivity contribution < 1.29 is 47.4 Å². The highest BCUT2D eigenvalue weighted by Crippen LogP contribution is 2.40. The smallest absolute Gasteiger partial charge is 0.203 e. The van der Waals surface area contributed by atoms with E-state index in [1.807, 2.05) is 54.6 Å². The molecule has 0 saturated carbocycles. The maximum absolute atomic E-state index is 6.66. The maximum Gasteiger partial charge on any atom is 0.203 e. The minimum atomic E-state index is -0.216. The molecule has 1 N–H and O–H groups in total. The van der Waals surface area contributed by atoms with Crippen molar-refractivity contribution in [2.24, 2.45) is 0 Å². The Morgan fingerprint density at radius 1 is 0.538 bits per heavy atom. The Morgan fingerprint density at radius 2 is 1.04 bits per heavy atom. The Hall–Kier alpha value is -4.68. The average molecular weight is 718 g/mol. The Bertz CT molecular complexity index is 1540. The van der Waals surface area contributed by atoms with Crippen LogP contribution in [0.25, 0.3) is 0 Å². The number of hydrogen-bond donors (Lipinski definition) is 1. The molecule has 1 fully saturated rings. The quantitative estimate of drug-likeness (QED) is 0.100. The summed E-state index contributed by atoms with van der Waals surface area (Å²) in [5, 5.41) is 3.53. The molecule has 0 unspecified atom stereocenters. The van der Waals surface area contributed by atoms with Crippen LogP contribution in [0.15, 0.2) is 78.9 Å². The van der Waals surface area contributed by atoms with Gasteiger partial charge in [0, 0.05) is 25.4 Å². The van der Waals surface area contributed by atoms with Crippen molar-refractivity contribution in [2.75, 3.05) is 69.0 Å². The van der Waals surface area contributed by atoms with Crippen LogP contribution in [-0.2, 0) is 34.0 Å². The lowest BCUT2D eigenvalue weighted by atomic mass is 9.85. The highest BCUT2D eigenvalue weighted by atomic mass is 16.5. The van der Waals surface area contributed by atoms with Crippen molar-refractivity contribution in [3.8, 4) is 40.2 Å². The van der Waals surface area contributed by atoms with E-state index in [1.54, 1.807) is 42.7 Å². The first kappa shape index (κ1) is 38.5. The first-order valence-electron chi connectivity index (χ1n) is 17.4. The van der Waals surface area contributed by atoms with Gasteiger partial charge in [0.2, 0.25) is 11.5 Å². The molecule has 11 nitrogen and oxygen atoms in total. The van der Waals surface area contributed by atoms with E-state index in [2.05, 4.69) is 29.6 Å². The van der Waals surface area contributed by atoms with Crippen LogP contribution in [0.1, 0.15) is 34.6 Å². The summed E-state index contributed by atoms with van der Waals surface area (Å²) in [4.78, 5) is 0. The van der Waals surface area contributed by atoms with E-state index in [-0.39, 0.29) is 18.1 Å². The van der Waals surface area contributed by atoms with Gasteiger partial charge in [-0.25, -0.2) is 0 Å². The molecule has 52 heavy (non-hydrogen) atoms. The Morgan fingerprint density at radius 3 is 1.50 bits per heavy atom. The lowest BCUT2D eigenvalue weighted by Crippen LogP contribution is -2.50. The predicted molar refractivity (Wildman–Crippen MR) is 198 cm³/mol. The molecule has 1 aliphatic rings. The second kappa shape index (κ2) is 19.8. The number of benzene rings is 4. The third-order valence-electron chi connectivity index (χ3n) is 8.95. The zero-order valence-corrected chi connectivity index (χ0v) is 31.0. The van der Waals surface area contributed by atoms with E-state index in [9.17, 15) is 0 Å². The first-order valence-corrected chi connectivity index (χ1v) is 17.4. The van der Waals surface area contributed by atoms with Crippen molar-refractivity contribution in [2.45, 2.75) is 44.4 Å². The van der Waals surface area contributed by atoms with Gasteiger partial charge in [-0.05, 0) is 58.7 Å². The van der Waals surface area contributed by atoms with E-state index < -0.39 is 0 Å². The molecule has 280 valence electrons. The molecule has 5 rings (SSSR count). The summed E-state index contributed by atoms with van der Waals surface area (Å²) in [6, 6.07) is 26.0. The van der Waals surface area contributed by atoms with Crippen molar-refractivity contribution in [1.29, 1.82) is 0 Å². The maximum atomic E-state index is 6.66. The fraction of sp³-hybridized carbons (Fsp3) is 0.415. The van der Waals surface area contributed by atoms with Gasteiger partial charge >= 0.3 is 0 Å². The van der Waals surface area contributed by atoms with Crippen LogP contribution in [0.4, 0.5) is 0 Å². The first-order chi connectivity index (χ1) is 25.5. The highest BCUT2D eigenvalue weighted by Gasteiger charge is 2.36. The van der Waals surface area contributed by atoms with Gasteiger partial charge in [-0.2, -0.15) is 0 Å². The summed E-state index contributed by atoms with van der Waals surface area (Å²) in [7, 11) is 9.59. The SMILES string of the molecule is COc1cc(CO[C@H]2CNC[C@@H](OCc3cc(OC)c(OC)c(OC)c3)[C@H]2c2ccc(OCCCOCc3ccccc3)cc2)cc(OC)c1OC. The van der Waals surface area contributed by atoms with Crippen LogP contribution in [0.3, 0.4) is 0 Å². The monoisotopic (exact) mass is 717 g/mol. The zero-order valence-electron chi connectivity index (χ0n) is 31.0. The lowest BCUT2D eigenvalue weighted by molar-refractivity contribution is -0.0651. The summed E-state index contributed by atoms with van der Waals surface area (Å²) in [5.74, 6) is 4.07. The Kier molecular flexibility index (Phi) is 14.7. The molecule has 0 spiro atoms. The second-order valence-electron chi connectivity index (χ2n) is 12.3. The van der Waals surface area contributed by atoms with Gasteiger partial charge in [-0.1, -0.05) is 42.5 Å². The van der Waals surface area contributed by atoms with Crippen LogP contribution in [-0.4, -0.2) is 81.2 Å². The van der Waals surface area contributed by atoms with Gasteiger partial charge in [0.1, 0.15) is 5.75 Å². The summed E-state index contributed by atoms with van der Waals surface area (Å²) in [6.07, 6.45) is 0.356. The molecule has 1 saturated heterocycles. The molecule has 11 heteroatoms. The van der Waals surface area contributed by atoms with E-state index in [0.717, 1.165) is 34.4 Å². The molecule has 3 atom stereocenters. The van der Waals surface area contributed by atoms with Gasteiger partial charge < -0.3 is 52.7 Å². The van der Waals surface area contributed by atoms with Gasteiger partial charge in [0.25, 0.3) is 0 Å². The summed E-state index contributed by atoms with van der Waals surface area (Å²) >= 11 is 0. The van der Waals surface area contributed by atoms with Gasteiger partial charge in [0.05, 0.1) is 87.9 Å². The average Bonchev–Trinajstić information content (AvgIpc) is 3.20. The summed E-state index contributed by atoms with van der Waals surface area (Å²) in [6.45, 7) is 3.71. The minimum Gasteiger partial charge on any atom is -0.494 e. The van der Waals surface area contributed by atoms with Crippen LogP contribution < -0.4 is 38.5 Å². The Balaban J connectivity index is 1.29. The van der Waals surface area contributed by atoms with Crippen LogP contribution in [0.2, 0.25) is 0 Å². The number of ether oxygens (including phenoxy) is 10. The number of piperidine rings is 1. The van der Waals surface area contributed by atoms with Gasteiger partial charge in [0.15, 0.2) is 23.0 Å². The zero-order chi connectivity index (χ0) is 36.7. The second-order valence-corrected chi connectivity index (χ2v) is 12.3. The lowest BCUT2D eigenvalue weighted by Gasteiger charge is -2.39. The molecule has 1 heterocycles. The number of rotatable bonds is 20. The third-order valence-corrected chi connectivity index (χ3v) is 8.95. The van der Waals surface area contributed by atoms with E-state index in [0.29, 0.717) is 80.6 Å². The van der Waals surface area contributed by atoms with E-state index in [1.165, 1.54) is 0 Å². The van der Waals surface area contributed by atoms with Gasteiger partial charge in [-0.15, -0.1) is 0 Å². The summed E-state index contributed by atoms with van der Waals surface area (Å²) in [5.41, 5.74) is 4.04. The van der Waals surface area contributed by atoms with Crippen LogP contribution in [0, 0.1) is 0 Å². The molecule has 0 aliphatic carbocycles. The fourth-order valence-electron chi connectivity index (χ4n) is 6.36. The molecule has 0 amide bonds. The predicted octanol–water partition coefficient (Wildman–Crippen LogP) is 6.58. The molecular weight excluding hydrogens is 666 g/mol. The van der Waals surface area contributed by atoms with Crippen LogP contribution in [0.5, 0.6) is 40.2 Å². The third kappa shape index (κ3) is 10.0. The molecule has 4 aromatic carbocycles. The highest BCUT2D eigenvalue weighted by molar-refractivity contribution is 5.54.